The Kier molecular flexibility index (Phi) is 4.58. The Morgan fingerprint density at radius 2 is 1.96 bits per heavy atom. The first-order valence-corrected chi connectivity index (χ1v) is 9.20. The number of carbonyl (C=O) groups excluding carboxylic acids is 1. The molecule has 2 aliphatic rings. The minimum atomic E-state index is -4.38. The molecule has 4 rings (SSSR count). The number of benzene rings is 1. The van der Waals surface area contributed by atoms with Crippen LogP contribution in [0.3, 0.4) is 0 Å². The van der Waals surface area contributed by atoms with Crippen molar-refractivity contribution >= 4 is 28.1 Å². The Morgan fingerprint density at radius 3 is 2.67 bits per heavy atom. The number of nitrogens with one attached hydrogen (secondary N) is 1. The van der Waals surface area contributed by atoms with E-state index >= 15 is 0 Å². The maximum atomic E-state index is 12.7. The number of anilines is 2. The number of nitrogens with zero attached hydrogens (tertiary/aromatic N) is 2. The fourth-order valence-corrected chi connectivity index (χ4v) is 3.93. The van der Waals surface area contributed by atoms with Crippen molar-refractivity contribution in [1.29, 1.82) is 0 Å². The van der Waals surface area contributed by atoms with E-state index in [9.17, 15) is 18.0 Å². The van der Waals surface area contributed by atoms with E-state index < -0.39 is 11.1 Å². The summed E-state index contributed by atoms with van der Waals surface area (Å²) in [6.45, 7) is 1.14. The summed E-state index contributed by atoms with van der Waals surface area (Å²) in [6, 6.07) is 5.19. The second-order valence-electron chi connectivity index (χ2n) is 6.32. The Labute approximate surface area is 156 Å². The normalized spacial score (nSPS) is 17.2. The van der Waals surface area contributed by atoms with Gasteiger partial charge in [-0.05, 0) is 25.0 Å². The number of ether oxygens (including phenoxy) is 2. The zero-order valence-electron chi connectivity index (χ0n) is 14.1. The van der Waals surface area contributed by atoms with Gasteiger partial charge >= 0.3 is 6.18 Å². The first-order valence-electron chi connectivity index (χ1n) is 8.38. The highest BCUT2D eigenvalue weighted by atomic mass is 32.1. The molecular weight excluding hydrogens is 383 g/mol. The van der Waals surface area contributed by atoms with Crippen LogP contribution in [0.15, 0.2) is 24.4 Å². The van der Waals surface area contributed by atoms with Crippen molar-refractivity contribution in [3.8, 4) is 11.5 Å². The SMILES string of the molecule is O=C(Nc1ccc2c(c1)OCO2)C1CCN(c2ncc(C(F)(F)F)s2)CC1. The number of carbonyl (C=O) groups is 1. The summed E-state index contributed by atoms with van der Waals surface area (Å²) in [7, 11) is 0. The van der Waals surface area contributed by atoms with Gasteiger partial charge in [0.05, 0.1) is 6.20 Å². The summed E-state index contributed by atoms with van der Waals surface area (Å²) in [5.74, 6) is 0.923. The molecule has 1 N–H and O–H groups in total. The van der Waals surface area contributed by atoms with Crippen molar-refractivity contribution in [2.45, 2.75) is 19.0 Å². The molecule has 1 amide bonds. The van der Waals surface area contributed by atoms with Gasteiger partial charge in [0.15, 0.2) is 16.6 Å². The highest BCUT2D eigenvalue weighted by molar-refractivity contribution is 7.15. The van der Waals surface area contributed by atoms with Crippen LogP contribution >= 0.6 is 11.3 Å². The standard InChI is InChI=1S/C17H16F3N3O3S/c18-17(19,20)14-8-21-16(27-14)23-5-3-10(4-6-23)15(24)22-11-1-2-12-13(7-11)26-9-25-12/h1-2,7-8,10H,3-6,9H2,(H,22,24). The number of fused-ring (bicyclic) bond motifs is 1. The number of alkyl halides is 3. The Balaban J connectivity index is 1.33. The topological polar surface area (TPSA) is 63.7 Å². The van der Waals surface area contributed by atoms with Crippen molar-refractivity contribution in [3.63, 3.8) is 0 Å². The highest BCUT2D eigenvalue weighted by Gasteiger charge is 2.34. The fourth-order valence-electron chi connectivity index (χ4n) is 3.09. The molecule has 0 unspecified atom stereocenters. The maximum Gasteiger partial charge on any atom is 0.427 e. The molecule has 2 aromatic rings. The van der Waals surface area contributed by atoms with E-state index in [4.69, 9.17) is 9.47 Å². The summed E-state index contributed by atoms with van der Waals surface area (Å²) in [5.41, 5.74) is 0.626. The first-order chi connectivity index (χ1) is 12.9. The number of aromatic nitrogens is 1. The van der Waals surface area contributed by atoms with Crippen molar-refractivity contribution in [2.75, 3.05) is 30.1 Å². The van der Waals surface area contributed by atoms with E-state index in [2.05, 4.69) is 10.3 Å². The molecule has 2 aliphatic heterocycles. The Hall–Kier alpha value is -2.49. The van der Waals surface area contributed by atoms with Gasteiger partial charge < -0.3 is 19.7 Å². The van der Waals surface area contributed by atoms with Crippen LogP contribution in [0.5, 0.6) is 11.5 Å². The zero-order chi connectivity index (χ0) is 19.0. The molecule has 3 heterocycles. The van der Waals surface area contributed by atoms with Crippen LogP contribution in [-0.2, 0) is 11.0 Å². The van der Waals surface area contributed by atoms with Gasteiger partial charge in [-0.2, -0.15) is 13.2 Å². The molecule has 0 atom stereocenters. The van der Waals surface area contributed by atoms with Crippen LogP contribution in [0.4, 0.5) is 24.0 Å². The smallest absolute Gasteiger partial charge is 0.427 e. The summed E-state index contributed by atoms with van der Waals surface area (Å²) in [5, 5.41) is 3.21. The molecule has 1 aromatic heterocycles. The molecule has 0 radical (unpaired) electrons. The van der Waals surface area contributed by atoms with Gasteiger partial charge in [-0.1, -0.05) is 11.3 Å². The number of hydrogen-bond acceptors (Lipinski definition) is 6. The largest absolute Gasteiger partial charge is 0.454 e. The second-order valence-corrected chi connectivity index (χ2v) is 7.33. The zero-order valence-corrected chi connectivity index (χ0v) is 14.9. The molecule has 0 spiro atoms. The molecule has 0 aliphatic carbocycles. The molecule has 10 heteroatoms. The van der Waals surface area contributed by atoms with Crippen molar-refractivity contribution < 1.29 is 27.4 Å². The van der Waals surface area contributed by atoms with Gasteiger partial charge in [0.2, 0.25) is 12.7 Å². The number of piperidine rings is 1. The quantitative estimate of drug-likeness (QED) is 0.852. The van der Waals surface area contributed by atoms with Crippen molar-refractivity contribution in [1.82, 2.24) is 4.98 Å². The van der Waals surface area contributed by atoms with E-state index in [1.54, 1.807) is 23.1 Å². The number of amides is 1. The average Bonchev–Trinajstić information content (AvgIpc) is 3.30. The van der Waals surface area contributed by atoms with Gasteiger partial charge in [0, 0.05) is 30.8 Å². The van der Waals surface area contributed by atoms with Crippen LogP contribution in [0.2, 0.25) is 0 Å². The van der Waals surface area contributed by atoms with E-state index in [0.717, 1.165) is 6.20 Å². The van der Waals surface area contributed by atoms with E-state index in [-0.39, 0.29) is 18.6 Å². The van der Waals surface area contributed by atoms with Crippen LogP contribution in [0.1, 0.15) is 17.7 Å². The molecule has 1 fully saturated rings. The number of hydrogen-bond donors (Lipinski definition) is 1. The summed E-state index contributed by atoms with van der Waals surface area (Å²) in [6.07, 6.45) is -2.41. The first kappa shape index (κ1) is 17.9. The molecule has 27 heavy (non-hydrogen) atoms. The van der Waals surface area contributed by atoms with Gasteiger partial charge in [-0.25, -0.2) is 4.98 Å². The Bertz CT molecular complexity index is 847. The van der Waals surface area contributed by atoms with Gasteiger partial charge in [-0.3, -0.25) is 4.79 Å². The lowest BCUT2D eigenvalue weighted by molar-refractivity contribution is -0.134. The van der Waals surface area contributed by atoms with Gasteiger partial charge in [0.25, 0.3) is 0 Å². The monoisotopic (exact) mass is 399 g/mol. The molecule has 144 valence electrons. The fraction of sp³-hybridized carbons (Fsp3) is 0.412. The third-order valence-electron chi connectivity index (χ3n) is 4.55. The van der Waals surface area contributed by atoms with E-state index in [1.807, 2.05) is 0 Å². The van der Waals surface area contributed by atoms with Crippen molar-refractivity contribution in [2.24, 2.45) is 5.92 Å². The average molecular weight is 399 g/mol. The lowest BCUT2D eigenvalue weighted by atomic mass is 9.96. The lowest BCUT2D eigenvalue weighted by Gasteiger charge is -2.31. The van der Waals surface area contributed by atoms with E-state index in [0.29, 0.717) is 59.6 Å². The molecule has 0 bridgehead atoms. The number of rotatable bonds is 3. The van der Waals surface area contributed by atoms with Crippen LogP contribution in [0.25, 0.3) is 0 Å². The predicted octanol–water partition coefficient (Wildman–Crippen LogP) is 3.75. The molecule has 1 aromatic carbocycles. The number of halogens is 3. The summed E-state index contributed by atoms with van der Waals surface area (Å²) >= 11 is 0.633. The Morgan fingerprint density at radius 1 is 1.22 bits per heavy atom. The van der Waals surface area contributed by atoms with Crippen LogP contribution < -0.4 is 19.7 Å². The van der Waals surface area contributed by atoms with Gasteiger partial charge in [-0.15, -0.1) is 0 Å². The van der Waals surface area contributed by atoms with Crippen molar-refractivity contribution in [3.05, 3.63) is 29.3 Å². The third kappa shape index (κ3) is 3.80. The highest BCUT2D eigenvalue weighted by Crippen LogP contribution is 2.37. The molecule has 6 nitrogen and oxygen atoms in total. The van der Waals surface area contributed by atoms with Crippen LogP contribution in [0, 0.1) is 5.92 Å². The summed E-state index contributed by atoms with van der Waals surface area (Å²) < 4.78 is 48.6. The maximum absolute atomic E-state index is 12.7. The minimum Gasteiger partial charge on any atom is -0.454 e. The summed E-state index contributed by atoms with van der Waals surface area (Å²) in [4.78, 5) is 17.4. The molecular formula is C17H16F3N3O3S. The van der Waals surface area contributed by atoms with E-state index in [1.165, 1.54) is 0 Å². The minimum absolute atomic E-state index is 0.108. The van der Waals surface area contributed by atoms with Crippen LogP contribution in [-0.4, -0.2) is 30.8 Å². The third-order valence-corrected chi connectivity index (χ3v) is 5.65. The predicted molar refractivity (Wildman–Crippen MR) is 93.2 cm³/mol. The lowest BCUT2D eigenvalue weighted by Crippen LogP contribution is -2.38. The molecule has 0 saturated carbocycles. The number of thiazole rings is 1. The molecule has 1 saturated heterocycles. The van der Waals surface area contributed by atoms with Gasteiger partial charge in [0.1, 0.15) is 4.88 Å². The second kappa shape index (κ2) is 6.91.